The molecule has 2 saturated carbocycles. The molecule has 0 heterocycles. The molecule has 1 unspecified atom stereocenters. The molecule has 0 amide bonds. The standard InChI is InChI=1S/C14H20O/c1-3-9-11-8-14(2)6-4-5-12(14)10(11)7-13(9)15/h10,12H,3-8H2,1-2H3/t10?,12-,14+/m0/s1. The number of carbonyl (C=O) groups excluding carboxylic acids is 1. The van der Waals surface area contributed by atoms with Gasteiger partial charge in [0.25, 0.3) is 0 Å². The first-order chi connectivity index (χ1) is 7.15. The molecule has 0 bridgehead atoms. The van der Waals surface area contributed by atoms with E-state index in [1.165, 1.54) is 31.3 Å². The number of ketones is 1. The van der Waals surface area contributed by atoms with Crippen molar-refractivity contribution in [3.8, 4) is 0 Å². The van der Waals surface area contributed by atoms with Crippen molar-refractivity contribution in [3.05, 3.63) is 11.1 Å². The van der Waals surface area contributed by atoms with Crippen LogP contribution in [0.1, 0.15) is 52.4 Å². The van der Waals surface area contributed by atoms with Crippen molar-refractivity contribution in [2.45, 2.75) is 52.4 Å². The normalized spacial score (nSPS) is 43.7. The van der Waals surface area contributed by atoms with Gasteiger partial charge in [-0.1, -0.05) is 25.8 Å². The van der Waals surface area contributed by atoms with Crippen LogP contribution in [-0.2, 0) is 4.79 Å². The van der Waals surface area contributed by atoms with Gasteiger partial charge in [0.05, 0.1) is 0 Å². The maximum atomic E-state index is 11.9. The zero-order valence-electron chi connectivity index (χ0n) is 9.81. The van der Waals surface area contributed by atoms with Gasteiger partial charge in [-0.25, -0.2) is 0 Å². The molecule has 0 aromatic carbocycles. The Bertz CT molecular complexity index is 352. The van der Waals surface area contributed by atoms with Crippen LogP contribution >= 0.6 is 0 Å². The van der Waals surface area contributed by atoms with Crippen LogP contribution in [0.4, 0.5) is 0 Å². The molecule has 3 aliphatic rings. The third kappa shape index (κ3) is 1.12. The molecule has 1 heteroatoms. The van der Waals surface area contributed by atoms with E-state index in [9.17, 15) is 4.79 Å². The summed E-state index contributed by atoms with van der Waals surface area (Å²) in [7, 11) is 0. The second-order valence-corrected chi connectivity index (χ2v) is 5.92. The molecular weight excluding hydrogens is 184 g/mol. The molecule has 0 spiro atoms. The van der Waals surface area contributed by atoms with Gasteiger partial charge < -0.3 is 0 Å². The van der Waals surface area contributed by atoms with Gasteiger partial charge >= 0.3 is 0 Å². The number of rotatable bonds is 1. The molecule has 0 aromatic rings. The predicted molar refractivity (Wildman–Crippen MR) is 60.5 cm³/mol. The van der Waals surface area contributed by atoms with Crippen LogP contribution in [0.15, 0.2) is 11.1 Å². The molecule has 3 aliphatic carbocycles. The minimum Gasteiger partial charge on any atom is -0.295 e. The summed E-state index contributed by atoms with van der Waals surface area (Å²) in [6, 6.07) is 0. The van der Waals surface area contributed by atoms with E-state index in [0.29, 0.717) is 17.1 Å². The number of hydrogen-bond acceptors (Lipinski definition) is 1. The van der Waals surface area contributed by atoms with Crippen LogP contribution < -0.4 is 0 Å². The summed E-state index contributed by atoms with van der Waals surface area (Å²) < 4.78 is 0. The highest BCUT2D eigenvalue weighted by molar-refractivity contribution is 5.99. The van der Waals surface area contributed by atoms with Crippen LogP contribution in [0.2, 0.25) is 0 Å². The van der Waals surface area contributed by atoms with E-state index in [1.807, 2.05) is 0 Å². The molecule has 82 valence electrons. The number of Topliss-reactive ketones (excluding diaryl/α,β-unsaturated/α-hetero) is 1. The lowest BCUT2D eigenvalue weighted by Gasteiger charge is -2.25. The summed E-state index contributed by atoms with van der Waals surface area (Å²) in [4.78, 5) is 11.9. The summed E-state index contributed by atoms with van der Waals surface area (Å²) in [6.07, 6.45) is 7.20. The smallest absolute Gasteiger partial charge is 0.159 e. The Kier molecular flexibility index (Phi) is 1.90. The van der Waals surface area contributed by atoms with Gasteiger partial charge in [-0.2, -0.15) is 0 Å². The van der Waals surface area contributed by atoms with E-state index >= 15 is 0 Å². The Morgan fingerprint density at radius 1 is 1.47 bits per heavy atom. The third-order valence-corrected chi connectivity index (χ3v) is 5.17. The van der Waals surface area contributed by atoms with Gasteiger partial charge in [-0.05, 0) is 48.5 Å². The predicted octanol–water partition coefficient (Wildman–Crippen LogP) is 3.49. The summed E-state index contributed by atoms with van der Waals surface area (Å²) >= 11 is 0. The number of hydrogen-bond donors (Lipinski definition) is 0. The highest BCUT2D eigenvalue weighted by Gasteiger charge is 2.53. The average molecular weight is 204 g/mol. The average Bonchev–Trinajstić information content (AvgIpc) is 2.74. The molecule has 1 nitrogen and oxygen atoms in total. The van der Waals surface area contributed by atoms with Crippen molar-refractivity contribution < 1.29 is 4.79 Å². The van der Waals surface area contributed by atoms with Crippen LogP contribution in [-0.4, -0.2) is 5.78 Å². The Labute approximate surface area is 91.9 Å². The molecule has 0 aliphatic heterocycles. The van der Waals surface area contributed by atoms with E-state index in [-0.39, 0.29) is 0 Å². The van der Waals surface area contributed by atoms with E-state index in [0.717, 1.165) is 18.8 Å². The first-order valence-corrected chi connectivity index (χ1v) is 6.41. The molecule has 0 aromatic heterocycles. The number of carbonyl (C=O) groups is 1. The second kappa shape index (κ2) is 2.96. The van der Waals surface area contributed by atoms with Gasteiger partial charge in [-0.15, -0.1) is 0 Å². The minimum absolute atomic E-state index is 0.464. The van der Waals surface area contributed by atoms with Gasteiger partial charge in [0.2, 0.25) is 0 Å². The zero-order valence-corrected chi connectivity index (χ0v) is 9.81. The molecule has 3 rings (SSSR count). The van der Waals surface area contributed by atoms with Crippen molar-refractivity contribution >= 4 is 5.78 Å². The Hall–Kier alpha value is -0.590. The van der Waals surface area contributed by atoms with E-state index in [1.54, 1.807) is 5.57 Å². The van der Waals surface area contributed by atoms with Crippen molar-refractivity contribution in [2.24, 2.45) is 17.3 Å². The Morgan fingerprint density at radius 3 is 3.00 bits per heavy atom. The monoisotopic (exact) mass is 204 g/mol. The first kappa shape index (κ1) is 9.62. The third-order valence-electron chi connectivity index (χ3n) is 5.17. The van der Waals surface area contributed by atoms with Gasteiger partial charge in [-0.3, -0.25) is 4.79 Å². The van der Waals surface area contributed by atoms with Crippen LogP contribution in [0.3, 0.4) is 0 Å². The lowest BCUT2D eigenvalue weighted by Crippen LogP contribution is -2.19. The summed E-state index contributed by atoms with van der Waals surface area (Å²) in [6.45, 7) is 4.59. The van der Waals surface area contributed by atoms with E-state index in [4.69, 9.17) is 0 Å². The highest BCUT2D eigenvalue weighted by atomic mass is 16.1. The molecule has 2 fully saturated rings. The topological polar surface area (TPSA) is 17.1 Å². The molecule has 0 radical (unpaired) electrons. The maximum absolute atomic E-state index is 11.9. The van der Waals surface area contributed by atoms with Gasteiger partial charge in [0.15, 0.2) is 5.78 Å². The zero-order chi connectivity index (χ0) is 10.6. The Balaban J connectivity index is 2.02. The van der Waals surface area contributed by atoms with Gasteiger partial charge in [0.1, 0.15) is 0 Å². The van der Waals surface area contributed by atoms with Crippen LogP contribution in [0.25, 0.3) is 0 Å². The quantitative estimate of drug-likeness (QED) is 0.639. The lowest BCUT2D eigenvalue weighted by molar-refractivity contribution is -0.115. The van der Waals surface area contributed by atoms with E-state index in [2.05, 4.69) is 13.8 Å². The van der Waals surface area contributed by atoms with E-state index < -0.39 is 0 Å². The Morgan fingerprint density at radius 2 is 2.27 bits per heavy atom. The molecule has 0 N–H and O–H groups in total. The first-order valence-electron chi connectivity index (χ1n) is 6.41. The van der Waals surface area contributed by atoms with Crippen LogP contribution in [0.5, 0.6) is 0 Å². The molecule has 0 saturated heterocycles. The maximum Gasteiger partial charge on any atom is 0.159 e. The van der Waals surface area contributed by atoms with Crippen molar-refractivity contribution in [1.29, 1.82) is 0 Å². The molecular formula is C14H20O. The van der Waals surface area contributed by atoms with Crippen molar-refractivity contribution in [3.63, 3.8) is 0 Å². The number of allylic oxidation sites excluding steroid dienone is 2. The fourth-order valence-corrected chi connectivity index (χ4v) is 4.50. The van der Waals surface area contributed by atoms with Crippen molar-refractivity contribution in [1.82, 2.24) is 0 Å². The number of fused-ring (bicyclic) bond motifs is 3. The van der Waals surface area contributed by atoms with Gasteiger partial charge in [0, 0.05) is 6.42 Å². The van der Waals surface area contributed by atoms with Crippen LogP contribution in [0, 0.1) is 17.3 Å². The second-order valence-electron chi connectivity index (χ2n) is 5.92. The summed E-state index contributed by atoms with van der Waals surface area (Å²) in [5.74, 6) is 1.95. The SMILES string of the molecule is CCC1=C2C[C@@]3(C)CCC[C@H]3C2CC1=O. The fourth-order valence-electron chi connectivity index (χ4n) is 4.50. The summed E-state index contributed by atoms with van der Waals surface area (Å²) in [5, 5.41) is 0. The van der Waals surface area contributed by atoms with Crippen molar-refractivity contribution in [2.75, 3.05) is 0 Å². The summed E-state index contributed by atoms with van der Waals surface area (Å²) in [5.41, 5.74) is 3.33. The highest BCUT2D eigenvalue weighted by Crippen LogP contribution is 2.62. The lowest BCUT2D eigenvalue weighted by atomic mass is 9.79. The fraction of sp³-hybridized carbons (Fsp3) is 0.786. The largest absolute Gasteiger partial charge is 0.295 e. The molecule has 3 atom stereocenters. The molecule has 15 heavy (non-hydrogen) atoms. The minimum atomic E-state index is 0.464.